The zero-order valence-electron chi connectivity index (χ0n) is 8.94. The molecule has 1 aromatic rings. The summed E-state index contributed by atoms with van der Waals surface area (Å²) in [4.78, 5) is 24.9. The summed E-state index contributed by atoms with van der Waals surface area (Å²) in [5.41, 5.74) is 0.488. The maximum atomic E-state index is 11.6. The number of benzene rings is 1. The number of rotatable bonds is 2. The van der Waals surface area contributed by atoms with Gasteiger partial charge in [0, 0.05) is 9.37 Å². The first-order valence-electron chi connectivity index (χ1n) is 4.90. The van der Waals surface area contributed by atoms with Gasteiger partial charge in [0.2, 0.25) is 5.91 Å². The molecular formula is C11H6BrClN2O2S. The Balaban J connectivity index is 2.41. The number of nitrogens with zero attached hydrogens (tertiary/aromatic N) is 2. The fourth-order valence-electron chi connectivity index (χ4n) is 1.66. The van der Waals surface area contributed by atoms with Crippen molar-refractivity contribution in [2.75, 3.05) is 11.4 Å². The van der Waals surface area contributed by atoms with E-state index in [4.69, 9.17) is 16.9 Å². The van der Waals surface area contributed by atoms with Crippen molar-refractivity contribution in [3.05, 3.63) is 21.6 Å². The molecule has 1 heterocycles. The van der Waals surface area contributed by atoms with Gasteiger partial charge in [-0.15, -0.1) is 0 Å². The molecule has 7 heteroatoms. The Morgan fingerprint density at radius 1 is 1.44 bits per heavy atom. The maximum absolute atomic E-state index is 11.6. The first-order valence-corrected chi connectivity index (χ1v) is 6.88. The lowest BCUT2D eigenvalue weighted by Gasteiger charge is -2.17. The van der Waals surface area contributed by atoms with Crippen LogP contribution in [0.1, 0.15) is 6.42 Å². The average Bonchev–Trinajstić information content (AvgIpc) is 2.63. The smallest absolute Gasteiger partial charge is 0.234 e. The van der Waals surface area contributed by atoms with Crippen molar-refractivity contribution in [3.63, 3.8) is 0 Å². The van der Waals surface area contributed by atoms with E-state index < -0.39 is 0 Å². The molecule has 0 spiro atoms. The van der Waals surface area contributed by atoms with Crippen LogP contribution in [0.3, 0.4) is 0 Å². The summed E-state index contributed by atoms with van der Waals surface area (Å²) in [5.74, 6) is -0.378. The van der Waals surface area contributed by atoms with Gasteiger partial charge in [-0.2, -0.15) is 5.26 Å². The minimum Gasteiger partial charge on any atom is -0.303 e. The number of halogens is 2. The fourth-order valence-corrected chi connectivity index (χ4v) is 2.99. The van der Waals surface area contributed by atoms with Crippen LogP contribution in [0.15, 0.2) is 21.5 Å². The number of hydrogen-bond acceptors (Lipinski definition) is 4. The van der Waals surface area contributed by atoms with Crippen LogP contribution < -0.4 is 4.90 Å². The quantitative estimate of drug-likeness (QED) is 0.470. The summed E-state index contributed by atoms with van der Waals surface area (Å²) in [6.07, 6.45) is -0.0807. The maximum Gasteiger partial charge on any atom is 0.234 e. The number of ketones is 1. The highest BCUT2D eigenvalue weighted by Gasteiger charge is 2.30. The van der Waals surface area contributed by atoms with Gasteiger partial charge in [-0.1, -0.05) is 11.6 Å². The largest absolute Gasteiger partial charge is 0.303 e. The first-order chi connectivity index (χ1) is 8.52. The highest BCUT2D eigenvalue weighted by Crippen LogP contribution is 2.37. The van der Waals surface area contributed by atoms with Gasteiger partial charge in [0.1, 0.15) is 5.40 Å². The lowest BCUT2D eigenvalue weighted by atomic mass is 10.3. The number of thiocyanates is 1. The molecule has 4 nitrogen and oxygen atoms in total. The Bertz CT molecular complexity index is 585. The number of nitriles is 1. The first kappa shape index (κ1) is 13.4. The molecule has 18 heavy (non-hydrogen) atoms. The molecule has 92 valence electrons. The molecule has 0 radical (unpaired) electrons. The number of hydrogen-bond donors (Lipinski definition) is 0. The normalized spacial score (nSPS) is 15.1. The predicted octanol–water partition coefficient (Wildman–Crippen LogP) is 2.98. The number of thioether (sulfide) groups is 1. The topological polar surface area (TPSA) is 61.2 Å². The molecule has 0 bridgehead atoms. The zero-order valence-corrected chi connectivity index (χ0v) is 12.1. The predicted molar refractivity (Wildman–Crippen MR) is 72.6 cm³/mol. The van der Waals surface area contributed by atoms with Gasteiger partial charge >= 0.3 is 0 Å². The van der Waals surface area contributed by atoms with Crippen molar-refractivity contribution < 1.29 is 9.59 Å². The van der Waals surface area contributed by atoms with Crippen LogP contribution in [0, 0.1) is 10.7 Å². The van der Waals surface area contributed by atoms with Gasteiger partial charge in [-0.3, -0.25) is 9.59 Å². The Labute approximate surface area is 121 Å². The molecule has 1 aliphatic heterocycles. The number of anilines is 1. The van der Waals surface area contributed by atoms with E-state index in [0.29, 0.717) is 20.1 Å². The van der Waals surface area contributed by atoms with Gasteiger partial charge in [0.05, 0.1) is 23.7 Å². The Kier molecular flexibility index (Phi) is 3.95. The minimum absolute atomic E-state index is 0.0513. The van der Waals surface area contributed by atoms with E-state index in [1.165, 1.54) is 4.90 Å². The Hall–Kier alpha value is -1.03. The summed E-state index contributed by atoms with van der Waals surface area (Å²) < 4.78 is 0.667. The van der Waals surface area contributed by atoms with Gasteiger partial charge in [-0.05, 0) is 39.8 Å². The molecule has 0 unspecified atom stereocenters. The van der Waals surface area contributed by atoms with Gasteiger partial charge in [-0.25, -0.2) is 0 Å². The van der Waals surface area contributed by atoms with Crippen molar-refractivity contribution in [1.29, 1.82) is 5.26 Å². The van der Waals surface area contributed by atoms with E-state index >= 15 is 0 Å². The number of amides is 1. The molecule has 1 aliphatic rings. The third-order valence-corrected chi connectivity index (χ3v) is 4.30. The van der Waals surface area contributed by atoms with E-state index in [2.05, 4.69) is 15.9 Å². The molecule has 2 rings (SSSR count). The summed E-state index contributed by atoms with van der Waals surface area (Å²) in [5, 5.41) is 10.9. The van der Waals surface area contributed by atoms with Crippen molar-refractivity contribution in [1.82, 2.24) is 0 Å². The van der Waals surface area contributed by atoms with Crippen molar-refractivity contribution >= 4 is 56.7 Å². The van der Waals surface area contributed by atoms with Crippen LogP contribution in [0.25, 0.3) is 0 Å². The molecule has 1 saturated heterocycles. The summed E-state index contributed by atoms with van der Waals surface area (Å²) in [6.45, 7) is 0.0513. The molecule has 0 aromatic heterocycles. The summed E-state index contributed by atoms with van der Waals surface area (Å²) in [6, 6.07) is 3.25. The van der Waals surface area contributed by atoms with E-state index in [1.54, 1.807) is 12.1 Å². The highest BCUT2D eigenvalue weighted by molar-refractivity contribution is 9.10. The molecule has 1 aromatic carbocycles. The van der Waals surface area contributed by atoms with Crippen LogP contribution in [0.2, 0.25) is 5.02 Å². The lowest BCUT2D eigenvalue weighted by molar-refractivity contribution is -0.121. The van der Waals surface area contributed by atoms with Crippen LogP contribution >= 0.6 is 39.3 Å². The molecular weight excluding hydrogens is 340 g/mol. The van der Waals surface area contributed by atoms with E-state index in [0.717, 1.165) is 11.8 Å². The fraction of sp³-hybridized carbons (Fsp3) is 0.182. The molecule has 1 fully saturated rings. The van der Waals surface area contributed by atoms with Crippen LogP contribution in [0.4, 0.5) is 5.69 Å². The third kappa shape index (κ3) is 2.53. The van der Waals surface area contributed by atoms with E-state index in [-0.39, 0.29) is 24.7 Å². The summed E-state index contributed by atoms with van der Waals surface area (Å²) in [7, 11) is 0. The second-order valence-electron chi connectivity index (χ2n) is 3.62. The second kappa shape index (κ2) is 5.31. The minimum atomic E-state index is -0.255. The lowest BCUT2D eigenvalue weighted by Crippen LogP contribution is -2.24. The highest BCUT2D eigenvalue weighted by atomic mass is 79.9. The van der Waals surface area contributed by atoms with Crippen LogP contribution in [-0.4, -0.2) is 18.2 Å². The molecule has 0 saturated carbocycles. The molecule has 0 atom stereocenters. The number of carbonyl (C=O) groups excluding carboxylic acids is 2. The Morgan fingerprint density at radius 3 is 2.72 bits per heavy atom. The summed E-state index contributed by atoms with van der Waals surface area (Å²) >= 11 is 10.4. The number of carbonyl (C=O) groups is 2. The zero-order chi connectivity index (χ0) is 13.3. The monoisotopic (exact) mass is 344 g/mol. The van der Waals surface area contributed by atoms with Gasteiger partial charge in [0.15, 0.2) is 5.78 Å². The van der Waals surface area contributed by atoms with Crippen molar-refractivity contribution in [2.24, 2.45) is 0 Å². The van der Waals surface area contributed by atoms with Crippen molar-refractivity contribution in [3.8, 4) is 5.40 Å². The van der Waals surface area contributed by atoms with Crippen molar-refractivity contribution in [2.45, 2.75) is 11.3 Å². The molecule has 0 N–H and O–H groups in total. The second-order valence-corrected chi connectivity index (χ2v) is 5.71. The average molecular weight is 346 g/mol. The number of Topliss-reactive ketones (excluding diaryl/α,β-unsaturated/α-hetero) is 1. The van der Waals surface area contributed by atoms with Crippen LogP contribution in [-0.2, 0) is 9.59 Å². The third-order valence-electron chi connectivity index (χ3n) is 2.43. The molecule has 1 amide bonds. The molecule has 0 aliphatic carbocycles. The SMILES string of the molecule is N#CSc1cc(Cl)c(N2CC(=O)CC2=O)cc1Br. The van der Waals surface area contributed by atoms with E-state index in [9.17, 15) is 9.59 Å². The van der Waals surface area contributed by atoms with E-state index in [1.807, 2.05) is 5.40 Å². The Morgan fingerprint density at radius 2 is 2.17 bits per heavy atom. The van der Waals surface area contributed by atoms with Gasteiger partial charge < -0.3 is 4.90 Å². The standard InChI is InChI=1S/C11H6BrClN2O2S/c12-7-2-9(8(13)3-10(7)18-5-14)15-4-6(16)1-11(15)17/h2-3H,1,4H2. The van der Waals surface area contributed by atoms with Gasteiger partial charge in [0.25, 0.3) is 0 Å². The van der Waals surface area contributed by atoms with Crippen LogP contribution in [0.5, 0.6) is 0 Å².